The van der Waals surface area contributed by atoms with Crippen molar-refractivity contribution in [3.63, 3.8) is 0 Å². The van der Waals surface area contributed by atoms with Gasteiger partial charge in [0.2, 0.25) is 0 Å². The van der Waals surface area contributed by atoms with E-state index in [1.54, 1.807) is 6.92 Å². The predicted octanol–water partition coefficient (Wildman–Crippen LogP) is 4.23. The highest BCUT2D eigenvalue weighted by Gasteiger charge is 2.33. The molecule has 2 amide bonds. The van der Waals surface area contributed by atoms with Crippen LogP contribution in [0.1, 0.15) is 45.6 Å². The molecule has 4 rings (SSSR count). The first-order valence-electron chi connectivity index (χ1n) is 12.5. The van der Waals surface area contributed by atoms with Crippen LogP contribution in [0.25, 0.3) is 0 Å². The molecular formula is C30H35N3O3. The first kappa shape index (κ1) is 25.5. The van der Waals surface area contributed by atoms with E-state index in [1.807, 2.05) is 72.4 Å². The van der Waals surface area contributed by atoms with Crippen molar-refractivity contribution in [1.82, 2.24) is 15.1 Å². The lowest BCUT2D eigenvalue weighted by Crippen LogP contribution is -2.41. The molecular weight excluding hydrogens is 450 g/mol. The SMILES string of the molecule is Cc1cccc(C2c3cc(OC(C)C(=O)NCCN(C)C)ccc3CCN2C(=O)c2ccccc2)c1. The van der Waals surface area contributed by atoms with Gasteiger partial charge in [-0.3, -0.25) is 9.59 Å². The molecule has 1 N–H and O–H groups in total. The summed E-state index contributed by atoms with van der Waals surface area (Å²) in [5, 5.41) is 2.92. The van der Waals surface area contributed by atoms with Crippen LogP contribution in [0.5, 0.6) is 5.75 Å². The number of hydrogen-bond acceptors (Lipinski definition) is 4. The Labute approximate surface area is 213 Å². The number of amides is 2. The number of likely N-dealkylation sites (N-methyl/N-ethyl adjacent to an activating group) is 1. The fourth-order valence-corrected chi connectivity index (χ4v) is 4.64. The van der Waals surface area contributed by atoms with Gasteiger partial charge in [0.15, 0.2) is 6.10 Å². The number of nitrogens with one attached hydrogen (secondary N) is 1. The normalized spacial score (nSPS) is 15.8. The van der Waals surface area contributed by atoms with Gasteiger partial charge in [0.05, 0.1) is 6.04 Å². The second-order valence-electron chi connectivity index (χ2n) is 9.65. The molecule has 6 heteroatoms. The Balaban J connectivity index is 1.64. The average molecular weight is 486 g/mol. The average Bonchev–Trinajstić information content (AvgIpc) is 2.87. The Morgan fingerprint density at radius 3 is 2.56 bits per heavy atom. The molecule has 3 aromatic rings. The quantitative estimate of drug-likeness (QED) is 0.519. The molecule has 3 aromatic carbocycles. The van der Waals surface area contributed by atoms with Crippen LogP contribution in [-0.2, 0) is 11.2 Å². The lowest BCUT2D eigenvalue weighted by molar-refractivity contribution is -0.127. The Bertz CT molecular complexity index is 1210. The molecule has 1 heterocycles. The molecule has 0 saturated heterocycles. The molecule has 0 aliphatic carbocycles. The fraction of sp³-hybridized carbons (Fsp3) is 0.333. The predicted molar refractivity (Wildman–Crippen MR) is 142 cm³/mol. The number of rotatable bonds is 8. The zero-order chi connectivity index (χ0) is 25.7. The molecule has 36 heavy (non-hydrogen) atoms. The molecule has 0 saturated carbocycles. The first-order valence-corrected chi connectivity index (χ1v) is 12.5. The Hall–Kier alpha value is -3.64. The van der Waals surface area contributed by atoms with Crippen LogP contribution in [0.4, 0.5) is 0 Å². The van der Waals surface area contributed by atoms with Crippen molar-refractivity contribution in [2.45, 2.75) is 32.4 Å². The van der Waals surface area contributed by atoms with Crippen LogP contribution in [-0.4, -0.2) is 61.4 Å². The van der Waals surface area contributed by atoms with E-state index in [9.17, 15) is 9.59 Å². The molecule has 0 aromatic heterocycles. The zero-order valence-electron chi connectivity index (χ0n) is 21.5. The Morgan fingerprint density at radius 2 is 1.83 bits per heavy atom. The van der Waals surface area contributed by atoms with Gasteiger partial charge in [-0.2, -0.15) is 0 Å². The van der Waals surface area contributed by atoms with E-state index in [-0.39, 0.29) is 17.9 Å². The molecule has 1 aliphatic heterocycles. The molecule has 0 radical (unpaired) electrons. The summed E-state index contributed by atoms with van der Waals surface area (Å²) in [5.41, 5.74) is 5.10. The Morgan fingerprint density at radius 1 is 1.06 bits per heavy atom. The molecule has 2 atom stereocenters. The lowest BCUT2D eigenvalue weighted by atomic mass is 9.87. The maximum absolute atomic E-state index is 13.6. The first-order chi connectivity index (χ1) is 17.3. The second-order valence-corrected chi connectivity index (χ2v) is 9.65. The number of nitrogens with zero attached hydrogens (tertiary/aromatic N) is 2. The minimum absolute atomic E-state index is 0.00714. The Kier molecular flexibility index (Phi) is 8.06. The van der Waals surface area contributed by atoms with Gasteiger partial charge in [0.1, 0.15) is 5.75 Å². The van der Waals surface area contributed by atoms with Gasteiger partial charge in [-0.15, -0.1) is 0 Å². The van der Waals surface area contributed by atoms with E-state index in [1.165, 1.54) is 5.56 Å². The summed E-state index contributed by atoms with van der Waals surface area (Å²) >= 11 is 0. The van der Waals surface area contributed by atoms with E-state index in [4.69, 9.17) is 4.74 Å². The fourth-order valence-electron chi connectivity index (χ4n) is 4.64. The smallest absolute Gasteiger partial charge is 0.260 e. The van der Waals surface area contributed by atoms with Crippen LogP contribution >= 0.6 is 0 Å². The second kappa shape index (κ2) is 11.4. The summed E-state index contributed by atoms with van der Waals surface area (Å²) < 4.78 is 6.06. The number of benzene rings is 3. The van der Waals surface area contributed by atoms with Crippen LogP contribution in [0.15, 0.2) is 72.8 Å². The molecule has 188 valence electrons. The van der Waals surface area contributed by atoms with Crippen LogP contribution in [0, 0.1) is 6.92 Å². The zero-order valence-corrected chi connectivity index (χ0v) is 21.5. The van der Waals surface area contributed by atoms with Gasteiger partial charge in [0.25, 0.3) is 11.8 Å². The van der Waals surface area contributed by atoms with E-state index in [0.717, 1.165) is 29.7 Å². The van der Waals surface area contributed by atoms with Crippen molar-refractivity contribution >= 4 is 11.8 Å². The summed E-state index contributed by atoms with van der Waals surface area (Å²) in [4.78, 5) is 30.1. The van der Waals surface area contributed by atoms with E-state index in [2.05, 4.69) is 36.5 Å². The van der Waals surface area contributed by atoms with Crippen molar-refractivity contribution in [1.29, 1.82) is 0 Å². The maximum Gasteiger partial charge on any atom is 0.260 e. The van der Waals surface area contributed by atoms with Crippen molar-refractivity contribution < 1.29 is 14.3 Å². The number of fused-ring (bicyclic) bond motifs is 1. The van der Waals surface area contributed by atoms with Gasteiger partial charge in [-0.1, -0.05) is 54.1 Å². The molecule has 0 bridgehead atoms. The van der Waals surface area contributed by atoms with Gasteiger partial charge >= 0.3 is 0 Å². The number of aryl methyl sites for hydroxylation is 1. The molecule has 0 spiro atoms. The van der Waals surface area contributed by atoms with E-state index in [0.29, 0.717) is 24.4 Å². The number of ether oxygens (including phenoxy) is 1. The topological polar surface area (TPSA) is 61.9 Å². The van der Waals surface area contributed by atoms with Crippen LogP contribution in [0.3, 0.4) is 0 Å². The molecule has 2 unspecified atom stereocenters. The van der Waals surface area contributed by atoms with Crippen molar-refractivity contribution in [3.05, 3.63) is 101 Å². The number of carbonyl (C=O) groups excluding carboxylic acids is 2. The number of carbonyl (C=O) groups is 2. The number of hydrogen-bond donors (Lipinski definition) is 1. The van der Waals surface area contributed by atoms with Crippen molar-refractivity contribution in [3.8, 4) is 5.75 Å². The minimum Gasteiger partial charge on any atom is -0.481 e. The monoisotopic (exact) mass is 485 g/mol. The van der Waals surface area contributed by atoms with Gasteiger partial charge < -0.3 is 19.9 Å². The van der Waals surface area contributed by atoms with Gasteiger partial charge in [-0.25, -0.2) is 0 Å². The third-order valence-electron chi connectivity index (χ3n) is 6.53. The minimum atomic E-state index is -0.631. The summed E-state index contributed by atoms with van der Waals surface area (Å²) in [5.74, 6) is 0.481. The highest BCUT2D eigenvalue weighted by atomic mass is 16.5. The maximum atomic E-state index is 13.6. The summed E-state index contributed by atoms with van der Waals surface area (Å²) in [7, 11) is 3.94. The summed E-state index contributed by atoms with van der Waals surface area (Å²) in [6, 6.07) is 23.5. The lowest BCUT2D eigenvalue weighted by Gasteiger charge is -2.38. The third-order valence-corrected chi connectivity index (χ3v) is 6.53. The summed E-state index contributed by atoms with van der Waals surface area (Å²) in [6.07, 6.45) is 0.130. The third kappa shape index (κ3) is 5.94. The van der Waals surface area contributed by atoms with Crippen molar-refractivity contribution in [2.24, 2.45) is 0 Å². The molecule has 1 aliphatic rings. The largest absolute Gasteiger partial charge is 0.481 e. The highest BCUT2D eigenvalue weighted by Crippen LogP contribution is 2.38. The molecule has 0 fully saturated rings. The highest BCUT2D eigenvalue weighted by molar-refractivity contribution is 5.95. The van der Waals surface area contributed by atoms with Gasteiger partial charge in [-0.05, 0) is 75.3 Å². The van der Waals surface area contributed by atoms with Crippen molar-refractivity contribution in [2.75, 3.05) is 33.7 Å². The van der Waals surface area contributed by atoms with Crippen LogP contribution < -0.4 is 10.1 Å². The molecule has 6 nitrogen and oxygen atoms in total. The van der Waals surface area contributed by atoms with Gasteiger partial charge in [0, 0.05) is 25.2 Å². The standard InChI is InChI=1S/C30H35N3O3/c1-21-9-8-12-25(19-21)28-27-20-26(36-22(2)29(34)31-16-18-32(3)4)14-13-23(27)15-17-33(28)30(35)24-10-6-5-7-11-24/h5-14,19-20,22,28H,15-18H2,1-4H3,(H,31,34). The van der Waals surface area contributed by atoms with E-state index < -0.39 is 6.10 Å². The van der Waals surface area contributed by atoms with Crippen LogP contribution in [0.2, 0.25) is 0 Å². The van der Waals surface area contributed by atoms with E-state index >= 15 is 0 Å². The summed E-state index contributed by atoms with van der Waals surface area (Å²) in [6.45, 7) is 5.78.